The second-order valence-corrected chi connectivity index (χ2v) is 6.88. The van der Waals surface area contributed by atoms with Crippen molar-refractivity contribution in [3.63, 3.8) is 0 Å². The number of nitrogens with zero attached hydrogens (tertiary/aromatic N) is 3. The summed E-state index contributed by atoms with van der Waals surface area (Å²) in [5.41, 5.74) is 1.81. The van der Waals surface area contributed by atoms with Crippen molar-refractivity contribution in [3.8, 4) is 22.8 Å². The van der Waals surface area contributed by atoms with Crippen molar-refractivity contribution in [2.45, 2.75) is 11.3 Å². The fourth-order valence-electron chi connectivity index (χ4n) is 2.87. The van der Waals surface area contributed by atoms with Gasteiger partial charge in [-0.2, -0.15) is 0 Å². The van der Waals surface area contributed by atoms with Crippen LogP contribution in [0.25, 0.3) is 17.1 Å². The zero-order valence-electron chi connectivity index (χ0n) is 14.7. The van der Waals surface area contributed by atoms with Crippen LogP contribution in [0, 0.1) is 0 Å². The van der Waals surface area contributed by atoms with Gasteiger partial charge in [0.1, 0.15) is 11.9 Å². The highest BCUT2D eigenvalue weighted by Gasteiger charge is 2.25. The van der Waals surface area contributed by atoms with Crippen molar-refractivity contribution in [1.82, 2.24) is 20.1 Å². The molecule has 1 unspecified atom stereocenters. The third-order valence-corrected chi connectivity index (χ3v) is 5.20. The number of nitrogens with one attached hydrogen (secondary N) is 1. The smallest absolute Gasteiger partial charge is 0.407 e. The van der Waals surface area contributed by atoms with Gasteiger partial charge in [-0.05, 0) is 24.3 Å². The van der Waals surface area contributed by atoms with Crippen LogP contribution in [0.5, 0.6) is 5.75 Å². The Morgan fingerprint density at radius 3 is 2.70 bits per heavy atom. The van der Waals surface area contributed by atoms with E-state index in [1.165, 1.54) is 11.8 Å². The van der Waals surface area contributed by atoms with Crippen LogP contribution in [0.3, 0.4) is 0 Å². The highest BCUT2D eigenvalue weighted by atomic mass is 32.2. The minimum absolute atomic E-state index is 0.182. The monoisotopic (exact) mass is 382 g/mol. The van der Waals surface area contributed by atoms with E-state index in [0.717, 1.165) is 22.2 Å². The summed E-state index contributed by atoms with van der Waals surface area (Å²) in [6.07, 6.45) is -0.557. The average molecular weight is 382 g/mol. The van der Waals surface area contributed by atoms with E-state index >= 15 is 0 Å². The van der Waals surface area contributed by atoms with Gasteiger partial charge in [-0.25, -0.2) is 4.79 Å². The summed E-state index contributed by atoms with van der Waals surface area (Å²) < 4.78 is 12.7. The number of thioether (sulfide) groups is 1. The quantitative estimate of drug-likeness (QED) is 0.660. The largest absolute Gasteiger partial charge is 0.496 e. The van der Waals surface area contributed by atoms with Gasteiger partial charge in [-0.3, -0.25) is 4.57 Å². The molecule has 27 heavy (non-hydrogen) atoms. The predicted molar refractivity (Wildman–Crippen MR) is 102 cm³/mol. The zero-order valence-corrected chi connectivity index (χ0v) is 15.5. The summed E-state index contributed by atoms with van der Waals surface area (Å²) in [6.45, 7) is 0.505. The van der Waals surface area contributed by atoms with Crippen molar-refractivity contribution in [1.29, 1.82) is 0 Å². The fraction of sp³-hybridized carbons (Fsp3) is 0.211. The lowest BCUT2D eigenvalue weighted by atomic mass is 10.2. The number of methoxy groups -OCH3 is 1. The molecule has 138 valence electrons. The van der Waals surface area contributed by atoms with Gasteiger partial charge in [0.2, 0.25) is 0 Å². The molecule has 3 aromatic rings. The van der Waals surface area contributed by atoms with Gasteiger partial charge in [0.15, 0.2) is 11.0 Å². The van der Waals surface area contributed by atoms with E-state index in [1.54, 1.807) is 7.11 Å². The van der Waals surface area contributed by atoms with Gasteiger partial charge in [0.05, 0.1) is 19.2 Å². The minimum atomic E-state index is -0.375. The SMILES string of the molecule is COc1ccccc1-c1nnc(SCC2CNC(=O)O2)n1-c1ccccc1. The summed E-state index contributed by atoms with van der Waals surface area (Å²) in [6, 6.07) is 17.6. The van der Waals surface area contributed by atoms with E-state index in [9.17, 15) is 4.79 Å². The number of ether oxygens (including phenoxy) is 2. The third kappa shape index (κ3) is 3.61. The topological polar surface area (TPSA) is 78.3 Å². The lowest BCUT2D eigenvalue weighted by Gasteiger charge is -2.13. The summed E-state index contributed by atoms with van der Waals surface area (Å²) in [5.74, 6) is 2.02. The molecule has 0 bridgehead atoms. The van der Waals surface area contributed by atoms with Gasteiger partial charge < -0.3 is 14.8 Å². The van der Waals surface area contributed by atoms with Crippen molar-refractivity contribution in [3.05, 3.63) is 54.6 Å². The Morgan fingerprint density at radius 2 is 1.96 bits per heavy atom. The molecule has 1 saturated heterocycles. The maximum atomic E-state index is 11.2. The molecule has 1 fully saturated rings. The average Bonchev–Trinajstić information content (AvgIpc) is 3.33. The maximum absolute atomic E-state index is 11.2. The molecule has 4 rings (SSSR count). The number of rotatable bonds is 6. The van der Waals surface area contributed by atoms with Crippen LogP contribution in [-0.4, -0.2) is 46.4 Å². The number of carbonyl (C=O) groups is 1. The first kappa shape index (κ1) is 17.4. The molecule has 0 aliphatic carbocycles. The Hall–Kier alpha value is -3.00. The molecule has 1 amide bonds. The summed E-state index contributed by atoms with van der Waals surface area (Å²) in [5, 5.41) is 12.2. The molecule has 0 saturated carbocycles. The number of benzene rings is 2. The third-order valence-electron chi connectivity index (χ3n) is 4.14. The Labute approximate surface area is 160 Å². The summed E-state index contributed by atoms with van der Waals surface area (Å²) in [7, 11) is 1.64. The second-order valence-electron chi connectivity index (χ2n) is 5.90. The molecule has 2 aromatic carbocycles. The standard InChI is InChI=1S/C19H18N4O3S/c1-25-16-10-6-5-9-15(16)17-21-22-18(23(17)13-7-3-2-4-8-13)27-12-14-11-20-19(24)26-14/h2-10,14H,11-12H2,1H3,(H,20,24). The number of para-hydroxylation sites is 2. The lowest BCUT2D eigenvalue weighted by Crippen LogP contribution is -2.17. The fourth-order valence-corrected chi connectivity index (χ4v) is 3.81. The highest BCUT2D eigenvalue weighted by molar-refractivity contribution is 7.99. The van der Waals surface area contributed by atoms with E-state index in [0.29, 0.717) is 18.1 Å². The molecule has 7 nitrogen and oxygen atoms in total. The molecule has 1 aliphatic rings. The van der Waals surface area contributed by atoms with E-state index in [-0.39, 0.29) is 12.2 Å². The molecule has 1 atom stereocenters. The molecule has 0 spiro atoms. The molecule has 2 heterocycles. The van der Waals surface area contributed by atoms with Crippen LogP contribution in [0.15, 0.2) is 59.8 Å². The van der Waals surface area contributed by atoms with E-state index in [4.69, 9.17) is 9.47 Å². The first-order chi connectivity index (χ1) is 13.3. The molecule has 1 N–H and O–H groups in total. The van der Waals surface area contributed by atoms with Crippen LogP contribution < -0.4 is 10.1 Å². The van der Waals surface area contributed by atoms with Crippen LogP contribution in [-0.2, 0) is 4.74 Å². The van der Waals surface area contributed by atoms with Crippen molar-refractivity contribution < 1.29 is 14.3 Å². The molecule has 8 heteroatoms. The number of alkyl carbamates (subject to hydrolysis) is 1. The van der Waals surface area contributed by atoms with Crippen LogP contribution in [0.2, 0.25) is 0 Å². The van der Waals surface area contributed by atoms with Gasteiger partial charge in [0, 0.05) is 11.4 Å². The number of hydrogen-bond donors (Lipinski definition) is 1. The van der Waals surface area contributed by atoms with Gasteiger partial charge >= 0.3 is 6.09 Å². The molecule has 0 radical (unpaired) electrons. The minimum Gasteiger partial charge on any atom is -0.496 e. The molecular formula is C19H18N4O3S. The lowest BCUT2D eigenvalue weighted by molar-refractivity contribution is 0.150. The number of aromatic nitrogens is 3. The Balaban J connectivity index is 1.72. The zero-order chi connectivity index (χ0) is 18.6. The second kappa shape index (κ2) is 7.71. The molecule has 1 aromatic heterocycles. The summed E-state index contributed by atoms with van der Waals surface area (Å²) >= 11 is 1.50. The van der Waals surface area contributed by atoms with Crippen LogP contribution >= 0.6 is 11.8 Å². The number of carbonyl (C=O) groups excluding carboxylic acids is 1. The highest BCUT2D eigenvalue weighted by Crippen LogP contribution is 2.33. The van der Waals surface area contributed by atoms with Crippen LogP contribution in [0.1, 0.15) is 0 Å². The van der Waals surface area contributed by atoms with E-state index in [1.807, 2.05) is 59.2 Å². The Bertz CT molecular complexity index is 945. The van der Waals surface area contributed by atoms with Crippen molar-refractivity contribution >= 4 is 17.9 Å². The van der Waals surface area contributed by atoms with E-state index in [2.05, 4.69) is 15.5 Å². The number of amides is 1. The van der Waals surface area contributed by atoms with Crippen molar-refractivity contribution in [2.75, 3.05) is 19.4 Å². The van der Waals surface area contributed by atoms with Crippen molar-refractivity contribution in [2.24, 2.45) is 0 Å². The maximum Gasteiger partial charge on any atom is 0.407 e. The predicted octanol–water partition coefficient (Wildman–Crippen LogP) is 3.14. The first-order valence-electron chi connectivity index (χ1n) is 8.48. The summed E-state index contributed by atoms with van der Waals surface area (Å²) in [4.78, 5) is 11.2. The Kier molecular flexibility index (Phi) is 4.97. The van der Waals surface area contributed by atoms with Gasteiger partial charge in [0.25, 0.3) is 0 Å². The Morgan fingerprint density at radius 1 is 1.19 bits per heavy atom. The first-order valence-corrected chi connectivity index (χ1v) is 9.46. The number of cyclic esters (lactones) is 1. The van der Waals surface area contributed by atoms with Gasteiger partial charge in [-0.1, -0.05) is 42.1 Å². The number of hydrogen-bond acceptors (Lipinski definition) is 6. The van der Waals surface area contributed by atoms with Gasteiger partial charge in [-0.15, -0.1) is 10.2 Å². The van der Waals surface area contributed by atoms with Crippen LogP contribution in [0.4, 0.5) is 4.79 Å². The molecular weight excluding hydrogens is 364 g/mol. The molecule has 1 aliphatic heterocycles. The van der Waals surface area contributed by atoms with E-state index < -0.39 is 0 Å². The normalized spacial score (nSPS) is 16.0.